The summed E-state index contributed by atoms with van der Waals surface area (Å²) in [5.41, 5.74) is 3.81. The zero-order valence-corrected chi connectivity index (χ0v) is 8.09. The number of nitrogens with zero attached hydrogens (tertiary/aromatic N) is 1. The van der Waals surface area contributed by atoms with E-state index in [0.29, 0.717) is 0 Å². The molecule has 1 aromatic carbocycles. The number of benzene rings is 1. The molecule has 0 aromatic heterocycles. The first-order chi connectivity index (χ1) is 6.25. The van der Waals surface area contributed by atoms with Crippen molar-refractivity contribution in [2.45, 2.75) is 13.8 Å². The first kappa shape index (κ1) is 8.30. The molecular formula is C11H14N2. The fraction of sp³-hybridized carbons (Fsp3) is 0.364. The van der Waals surface area contributed by atoms with E-state index >= 15 is 0 Å². The van der Waals surface area contributed by atoms with Crippen molar-refractivity contribution in [2.75, 3.05) is 13.1 Å². The van der Waals surface area contributed by atoms with Gasteiger partial charge in [-0.05, 0) is 26.0 Å². The van der Waals surface area contributed by atoms with Crippen molar-refractivity contribution >= 4 is 5.84 Å². The largest absolute Gasteiger partial charge is 0.368 e. The SMILES string of the molecule is Cc1cc(C)cc(C2=NCCN2)c1. The fourth-order valence-corrected chi connectivity index (χ4v) is 1.70. The van der Waals surface area contributed by atoms with E-state index in [1.807, 2.05) is 0 Å². The maximum atomic E-state index is 4.39. The molecule has 1 aromatic rings. The summed E-state index contributed by atoms with van der Waals surface area (Å²) in [6.45, 7) is 6.11. The van der Waals surface area contributed by atoms with E-state index in [-0.39, 0.29) is 0 Å². The summed E-state index contributed by atoms with van der Waals surface area (Å²) in [6, 6.07) is 6.52. The van der Waals surface area contributed by atoms with E-state index in [9.17, 15) is 0 Å². The van der Waals surface area contributed by atoms with E-state index in [1.54, 1.807) is 0 Å². The Morgan fingerprint density at radius 2 is 1.85 bits per heavy atom. The second-order valence-electron chi connectivity index (χ2n) is 3.53. The van der Waals surface area contributed by atoms with E-state index in [2.05, 4.69) is 42.4 Å². The minimum absolute atomic E-state index is 0.905. The standard InChI is InChI=1S/C11H14N2/c1-8-5-9(2)7-10(6-8)11-12-3-4-13-11/h5-7H,3-4H2,1-2H3,(H,12,13). The molecule has 0 bridgehead atoms. The van der Waals surface area contributed by atoms with Crippen molar-refractivity contribution in [1.29, 1.82) is 0 Å². The van der Waals surface area contributed by atoms with E-state index < -0.39 is 0 Å². The molecule has 0 saturated carbocycles. The van der Waals surface area contributed by atoms with Gasteiger partial charge in [-0.1, -0.05) is 17.2 Å². The molecule has 0 atom stereocenters. The molecule has 0 fully saturated rings. The summed E-state index contributed by atoms with van der Waals surface area (Å²) in [5, 5.41) is 3.28. The molecule has 1 aliphatic heterocycles. The Morgan fingerprint density at radius 3 is 2.38 bits per heavy atom. The highest BCUT2D eigenvalue weighted by molar-refractivity contribution is 6.00. The van der Waals surface area contributed by atoms with Gasteiger partial charge in [0.25, 0.3) is 0 Å². The molecule has 0 amide bonds. The number of amidine groups is 1. The molecule has 13 heavy (non-hydrogen) atoms. The Labute approximate surface area is 78.7 Å². The topological polar surface area (TPSA) is 24.4 Å². The molecule has 0 spiro atoms. The monoisotopic (exact) mass is 174 g/mol. The third kappa shape index (κ3) is 1.72. The maximum absolute atomic E-state index is 4.39. The van der Waals surface area contributed by atoms with Gasteiger partial charge >= 0.3 is 0 Å². The van der Waals surface area contributed by atoms with Crippen LogP contribution in [0.15, 0.2) is 23.2 Å². The van der Waals surface area contributed by atoms with Crippen molar-refractivity contribution in [1.82, 2.24) is 5.32 Å². The highest BCUT2D eigenvalue weighted by Crippen LogP contribution is 2.10. The molecule has 2 heteroatoms. The Balaban J connectivity index is 2.39. The van der Waals surface area contributed by atoms with Gasteiger partial charge in [0.1, 0.15) is 5.84 Å². The summed E-state index contributed by atoms with van der Waals surface area (Å²) in [6.07, 6.45) is 0. The summed E-state index contributed by atoms with van der Waals surface area (Å²) in [4.78, 5) is 4.39. The average Bonchev–Trinajstić information content (AvgIpc) is 2.53. The van der Waals surface area contributed by atoms with Crippen LogP contribution in [0.4, 0.5) is 0 Å². The lowest BCUT2D eigenvalue weighted by atomic mass is 10.1. The van der Waals surface area contributed by atoms with Crippen molar-refractivity contribution in [3.05, 3.63) is 34.9 Å². The highest BCUT2D eigenvalue weighted by Gasteiger charge is 2.07. The highest BCUT2D eigenvalue weighted by atomic mass is 15.1. The molecule has 0 aliphatic carbocycles. The van der Waals surface area contributed by atoms with Gasteiger partial charge in [0.2, 0.25) is 0 Å². The van der Waals surface area contributed by atoms with Gasteiger partial charge in [-0.3, -0.25) is 4.99 Å². The second kappa shape index (κ2) is 3.21. The van der Waals surface area contributed by atoms with Crippen LogP contribution in [-0.4, -0.2) is 18.9 Å². The smallest absolute Gasteiger partial charge is 0.128 e. The Morgan fingerprint density at radius 1 is 1.15 bits per heavy atom. The number of aliphatic imine (C=N–C) groups is 1. The number of aryl methyl sites for hydroxylation is 2. The molecule has 1 aliphatic rings. The first-order valence-electron chi connectivity index (χ1n) is 4.63. The third-order valence-electron chi connectivity index (χ3n) is 2.17. The van der Waals surface area contributed by atoms with E-state index in [0.717, 1.165) is 18.9 Å². The minimum atomic E-state index is 0.905. The predicted molar refractivity (Wildman–Crippen MR) is 55.3 cm³/mol. The normalized spacial score (nSPS) is 15.4. The minimum Gasteiger partial charge on any atom is -0.368 e. The fourth-order valence-electron chi connectivity index (χ4n) is 1.70. The van der Waals surface area contributed by atoms with Crippen LogP contribution in [0, 0.1) is 13.8 Å². The van der Waals surface area contributed by atoms with Crippen LogP contribution in [0.5, 0.6) is 0 Å². The second-order valence-corrected chi connectivity index (χ2v) is 3.53. The van der Waals surface area contributed by atoms with E-state index in [4.69, 9.17) is 0 Å². The van der Waals surface area contributed by atoms with Crippen LogP contribution in [-0.2, 0) is 0 Å². The van der Waals surface area contributed by atoms with Gasteiger partial charge in [0.05, 0.1) is 6.54 Å². The molecule has 68 valence electrons. The lowest BCUT2D eigenvalue weighted by Gasteiger charge is -2.04. The van der Waals surface area contributed by atoms with Gasteiger partial charge in [0, 0.05) is 12.1 Å². The predicted octanol–water partition coefficient (Wildman–Crippen LogP) is 1.65. The first-order valence-corrected chi connectivity index (χ1v) is 4.63. The maximum Gasteiger partial charge on any atom is 0.128 e. The van der Waals surface area contributed by atoms with Gasteiger partial charge in [-0.15, -0.1) is 0 Å². The molecule has 1 heterocycles. The molecular weight excluding hydrogens is 160 g/mol. The van der Waals surface area contributed by atoms with Crippen LogP contribution in [0.3, 0.4) is 0 Å². The van der Waals surface area contributed by atoms with Crippen LogP contribution >= 0.6 is 0 Å². The van der Waals surface area contributed by atoms with Crippen LogP contribution in [0.2, 0.25) is 0 Å². The van der Waals surface area contributed by atoms with E-state index in [1.165, 1.54) is 16.7 Å². The third-order valence-corrected chi connectivity index (χ3v) is 2.17. The van der Waals surface area contributed by atoms with Crippen molar-refractivity contribution in [2.24, 2.45) is 4.99 Å². The summed E-state index contributed by atoms with van der Waals surface area (Å²) in [7, 11) is 0. The van der Waals surface area contributed by atoms with Crippen molar-refractivity contribution in [3.8, 4) is 0 Å². The molecule has 0 radical (unpaired) electrons. The Bertz CT molecular complexity index is 333. The van der Waals surface area contributed by atoms with Crippen LogP contribution in [0.25, 0.3) is 0 Å². The molecule has 0 saturated heterocycles. The number of rotatable bonds is 1. The Kier molecular flexibility index (Phi) is 2.05. The zero-order chi connectivity index (χ0) is 9.26. The lowest BCUT2D eigenvalue weighted by molar-refractivity contribution is 0.960. The lowest BCUT2D eigenvalue weighted by Crippen LogP contribution is -2.19. The average molecular weight is 174 g/mol. The molecule has 1 N–H and O–H groups in total. The quantitative estimate of drug-likeness (QED) is 0.688. The van der Waals surface area contributed by atoms with Gasteiger partial charge in [0.15, 0.2) is 0 Å². The Hall–Kier alpha value is -1.31. The number of nitrogens with one attached hydrogen (secondary N) is 1. The number of hydrogen-bond donors (Lipinski definition) is 1. The van der Waals surface area contributed by atoms with Gasteiger partial charge in [-0.25, -0.2) is 0 Å². The van der Waals surface area contributed by atoms with Crippen molar-refractivity contribution in [3.63, 3.8) is 0 Å². The molecule has 0 unspecified atom stereocenters. The molecule has 2 nitrogen and oxygen atoms in total. The van der Waals surface area contributed by atoms with Gasteiger partial charge in [-0.2, -0.15) is 0 Å². The van der Waals surface area contributed by atoms with Crippen molar-refractivity contribution < 1.29 is 0 Å². The van der Waals surface area contributed by atoms with Gasteiger partial charge < -0.3 is 5.32 Å². The molecule has 2 rings (SSSR count). The van der Waals surface area contributed by atoms with Crippen LogP contribution in [0.1, 0.15) is 16.7 Å². The van der Waals surface area contributed by atoms with Crippen LogP contribution < -0.4 is 5.32 Å². The summed E-state index contributed by atoms with van der Waals surface area (Å²) < 4.78 is 0. The zero-order valence-electron chi connectivity index (χ0n) is 8.09. The summed E-state index contributed by atoms with van der Waals surface area (Å²) >= 11 is 0. The number of hydrogen-bond acceptors (Lipinski definition) is 2. The summed E-state index contributed by atoms with van der Waals surface area (Å²) in [5.74, 6) is 1.05.